The molecule has 0 atom stereocenters. The topological polar surface area (TPSA) is 83.3 Å². The fourth-order valence-corrected chi connectivity index (χ4v) is 1.97. The Morgan fingerprint density at radius 2 is 1.60 bits per heavy atom. The van der Waals surface area contributed by atoms with Gasteiger partial charge in [-0.2, -0.15) is 0 Å². The Hall–Kier alpha value is -2.44. The number of esters is 2. The predicted molar refractivity (Wildman–Crippen MR) is 92.3 cm³/mol. The van der Waals surface area contributed by atoms with Crippen molar-refractivity contribution in [2.24, 2.45) is 10.8 Å². The zero-order valence-electron chi connectivity index (χ0n) is 15.6. The minimum absolute atomic E-state index is 0.0673. The lowest BCUT2D eigenvalue weighted by Crippen LogP contribution is -2.24. The number of carbonyl (C=O) groups excluding carboxylic acids is 2. The van der Waals surface area contributed by atoms with E-state index in [1.165, 1.54) is 6.33 Å². The molecular weight excluding hydrogens is 322 g/mol. The number of ether oxygens (including phenoxy) is 2. The van der Waals surface area contributed by atoms with Crippen LogP contribution in [0.1, 0.15) is 47.2 Å². The molecule has 0 aliphatic heterocycles. The van der Waals surface area contributed by atoms with Crippen LogP contribution in [0.3, 0.4) is 0 Å². The van der Waals surface area contributed by atoms with E-state index >= 15 is 0 Å². The zero-order valence-corrected chi connectivity index (χ0v) is 15.6. The summed E-state index contributed by atoms with van der Waals surface area (Å²) in [6, 6.07) is 1.82. The van der Waals surface area contributed by atoms with E-state index in [4.69, 9.17) is 9.47 Å². The van der Waals surface area contributed by atoms with E-state index in [9.17, 15) is 9.59 Å². The normalized spacial score (nSPS) is 12.2. The summed E-state index contributed by atoms with van der Waals surface area (Å²) in [5, 5.41) is 0.760. The van der Waals surface area contributed by atoms with Crippen molar-refractivity contribution in [2.75, 3.05) is 0 Å². The van der Waals surface area contributed by atoms with Gasteiger partial charge in [-0.15, -0.1) is 0 Å². The van der Waals surface area contributed by atoms with Crippen molar-refractivity contribution >= 4 is 23.0 Å². The smallest absolute Gasteiger partial charge is 0.312 e. The molecule has 2 heterocycles. The summed E-state index contributed by atoms with van der Waals surface area (Å²) < 4.78 is 12.4. The molecule has 0 unspecified atom stereocenters. The van der Waals surface area contributed by atoms with Crippen LogP contribution in [0.5, 0.6) is 0 Å². The second kappa shape index (κ2) is 6.82. The lowest BCUT2D eigenvalue weighted by atomic mass is 9.97. The minimum atomic E-state index is -0.570. The van der Waals surface area contributed by atoms with Crippen LogP contribution in [-0.4, -0.2) is 26.5 Å². The Morgan fingerprint density at radius 1 is 1.00 bits per heavy atom. The number of nitrogens with zero attached hydrogens (tertiary/aromatic N) is 3. The van der Waals surface area contributed by atoms with Crippen molar-refractivity contribution in [2.45, 2.75) is 54.9 Å². The van der Waals surface area contributed by atoms with Crippen LogP contribution in [0.25, 0.3) is 11.0 Å². The highest BCUT2D eigenvalue weighted by molar-refractivity contribution is 5.80. The summed E-state index contributed by atoms with van der Waals surface area (Å²) in [7, 11) is 0. The molecule has 0 bridgehead atoms. The fraction of sp³-hybridized carbons (Fsp3) is 0.556. The quantitative estimate of drug-likeness (QED) is 0.791. The summed E-state index contributed by atoms with van der Waals surface area (Å²) >= 11 is 0. The first-order chi connectivity index (χ1) is 11.5. The van der Waals surface area contributed by atoms with Crippen LogP contribution in [0, 0.1) is 10.8 Å². The van der Waals surface area contributed by atoms with Gasteiger partial charge in [0.25, 0.3) is 0 Å². The molecule has 0 saturated carbocycles. The molecule has 0 aromatic carbocycles. The number of rotatable bonds is 4. The average Bonchev–Trinajstić information content (AvgIpc) is 2.92. The van der Waals surface area contributed by atoms with Gasteiger partial charge in [-0.05, 0) is 47.6 Å². The number of aromatic nitrogens is 3. The van der Waals surface area contributed by atoms with Crippen molar-refractivity contribution in [3.05, 3.63) is 24.3 Å². The van der Waals surface area contributed by atoms with Gasteiger partial charge >= 0.3 is 11.9 Å². The van der Waals surface area contributed by atoms with Crippen molar-refractivity contribution < 1.29 is 19.1 Å². The third kappa shape index (κ3) is 4.55. The van der Waals surface area contributed by atoms with Gasteiger partial charge in [-0.1, -0.05) is 0 Å². The first-order valence-electron chi connectivity index (χ1n) is 8.13. The van der Waals surface area contributed by atoms with Gasteiger partial charge in [-0.3, -0.25) is 14.2 Å². The Labute approximate surface area is 147 Å². The van der Waals surface area contributed by atoms with E-state index in [-0.39, 0.29) is 25.3 Å². The van der Waals surface area contributed by atoms with Gasteiger partial charge < -0.3 is 9.47 Å². The molecule has 2 rings (SSSR count). The van der Waals surface area contributed by atoms with Gasteiger partial charge in [0.05, 0.1) is 16.5 Å². The molecule has 0 radical (unpaired) electrons. The zero-order chi connectivity index (χ0) is 18.8. The highest BCUT2D eigenvalue weighted by Gasteiger charge is 2.24. The van der Waals surface area contributed by atoms with E-state index in [0.29, 0.717) is 11.3 Å². The van der Waals surface area contributed by atoms with Crippen molar-refractivity contribution in [3.63, 3.8) is 0 Å². The molecule has 0 fully saturated rings. The lowest BCUT2D eigenvalue weighted by Gasteiger charge is -2.17. The molecule has 7 heteroatoms. The first-order valence-corrected chi connectivity index (χ1v) is 8.13. The Balaban J connectivity index is 2.14. The highest BCUT2D eigenvalue weighted by Crippen LogP contribution is 2.21. The van der Waals surface area contributed by atoms with Gasteiger partial charge in [0.1, 0.15) is 18.6 Å². The molecule has 0 aliphatic carbocycles. The molecule has 136 valence electrons. The maximum Gasteiger partial charge on any atom is 0.312 e. The van der Waals surface area contributed by atoms with Crippen molar-refractivity contribution in [1.29, 1.82) is 0 Å². The standard InChI is InChI=1S/C18H25N3O4/c1-17(2,3)15(22)24-9-13-12-7-8-21(14(12)20-10-19-13)11-25-16(23)18(4,5)6/h7-8,10H,9,11H2,1-6H3. The molecule has 0 amide bonds. The van der Waals surface area contributed by atoms with Crippen LogP contribution in [0.2, 0.25) is 0 Å². The summed E-state index contributed by atoms with van der Waals surface area (Å²) in [5.74, 6) is -0.583. The molecular formula is C18H25N3O4. The summed E-state index contributed by atoms with van der Waals surface area (Å²) in [6.45, 7) is 10.9. The largest absolute Gasteiger partial charge is 0.459 e. The van der Waals surface area contributed by atoms with E-state index < -0.39 is 10.8 Å². The Kier molecular flexibility index (Phi) is 5.15. The van der Waals surface area contributed by atoms with E-state index in [0.717, 1.165) is 5.39 Å². The summed E-state index contributed by atoms with van der Waals surface area (Å²) in [6.07, 6.45) is 3.18. The summed E-state index contributed by atoms with van der Waals surface area (Å²) in [5.41, 5.74) is 0.103. The van der Waals surface area contributed by atoms with Crippen LogP contribution in [-0.2, 0) is 32.4 Å². The molecule has 2 aromatic heterocycles. The van der Waals surface area contributed by atoms with E-state index in [1.807, 2.05) is 6.07 Å². The number of hydrogen-bond acceptors (Lipinski definition) is 6. The third-order valence-corrected chi connectivity index (χ3v) is 3.54. The van der Waals surface area contributed by atoms with Crippen molar-refractivity contribution in [3.8, 4) is 0 Å². The first kappa shape index (κ1) is 18.9. The maximum absolute atomic E-state index is 11.9. The predicted octanol–water partition coefficient (Wildman–Crippen LogP) is 3.07. The number of carbonyl (C=O) groups is 2. The molecule has 0 N–H and O–H groups in total. The second-order valence-corrected chi connectivity index (χ2v) is 7.98. The highest BCUT2D eigenvalue weighted by atomic mass is 16.5. The van der Waals surface area contributed by atoms with Gasteiger partial charge in [0, 0.05) is 11.6 Å². The fourth-order valence-electron chi connectivity index (χ4n) is 1.97. The molecule has 0 saturated heterocycles. The Morgan fingerprint density at radius 3 is 2.20 bits per heavy atom. The Bertz CT molecular complexity index is 782. The molecule has 0 spiro atoms. The number of fused-ring (bicyclic) bond motifs is 1. The second-order valence-electron chi connectivity index (χ2n) is 7.98. The average molecular weight is 347 g/mol. The monoisotopic (exact) mass is 347 g/mol. The maximum atomic E-state index is 11.9. The van der Waals surface area contributed by atoms with E-state index in [2.05, 4.69) is 9.97 Å². The SMILES string of the molecule is CC(C)(C)C(=O)OCc1ncnc2c1ccn2COC(=O)C(C)(C)C. The van der Waals surface area contributed by atoms with Crippen LogP contribution >= 0.6 is 0 Å². The van der Waals surface area contributed by atoms with Gasteiger partial charge in [0.2, 0.25) is 0 Å². The van der Waals surface area contributed by atoms with Crippen LogP contribution in [0.4, 0.5) is 0 Å². The molecule has 7 nitrogen and oxygen atoms in total. The van der Waals surface area contributed by atoms with Crippen LogP contribution < -0.4 is 0 Å². The molecule has 0 aliphatic rings. The number of hydrogen-bond donors (Lipinski definition) is 0. The van der Waals surface area contributed by atoms with Crippen molar-refractivity contribution in [1.82, 2.24) is 14.5 Å². The molecule has 2 aromatic rings. The van der Waals surface area contributed by atoms with E-state index in [1.54, 1.807) is 52.3 Å². The molecule has 25 heavy (non-hydrogen) atoms. The minimum Gasteiger partial charge on any atom is -0.459 e. The summed E-state index contributed by atoms with van der Waals surface area (Å²) in [4.78, 5) is 32.3. The van der Waals surface area contributed by atoms with Gasteiger partial charge in [0.15, 0.2) is 6.73 Å². The third-order valence-electron chi connectivity index (χ3n) is 3.54. The van der Waals surface area contributed by atoms with Crippen LogP contribution in [0.15, 0.2) is 18.6 Å². The lowest BCUT2D eigenvalue weighted by molar-refractivity contribution is -0.157. The van der Waals surface area contributed by atoms with Gasteiger partial charge in [-0.25, -0.2) is 9.97 Å².